The van der Waals surface area contributed by atoms with Crippen molar-refractivity contribution < 1.29 is 9.53 Å². The molecule has 2 aliphatic heterocycles. The van der Waals surface area contributed by atoms with Gasteiger partial charge in [-0.2, -0.15) is 5.26 Å². The average Bonchev–Trinajstić information content (AvgIpc) is 2.74. The second kappa shape index (κ2) is 8.31. The van der Waals surface area contributed by atoms with Gasteiger partial charge in [-0.15, -0.1) is 0 Å². The number of hydrogen-bond acceptors (Lipinski definition) is 7. The number of carbonyl (C=O) groups excluding carboxylic acids is 1. The van der Waals surface area contributed by atoms with Gasteiger partial charge in [-0.3, -0.25) is 14.8 Å². The first-order valence-electron chi connectivity index (χ1n) is 10.1. The molecule has 2 aliphatic rings. The van der Waals surface area contributed by atoms with Gasteiger partial charge in [0.1, 0.15) is 17.1 Å². The molecule has 8 heteroatoms. The highest BCUT2D eigenvalue weighted by molar-refractivity contribution is 5.92. The Kier molecular flexibility index (Phi) is 5.60. The molecule has 2 fully saturated rings. The molecule has 29 heavy (non-hydrogen) atoms. The third-order valence-corrected chi connectivity index (χ3v) is 5.68. The fraction of sp³-hybridized carbons (Fsp3) is 0.524. The van der Waals surface area contributed by atoms with Crippen LogP contribution in [-0.4, -0.2) is 72.3 Å². The van der Waals surface area contributed by atoms with Crippen molar-refractivity contribution in [2.24, 2.45) is 0 Å². The van der Waals surface area contributed by atoms with E-state index in [9.17, 15) is 10.1 Å². The Morgan fingerprint density at radius 3 is 2.66 bits per heavy atom. The van der Waals surface area contributed by atoms with Gasteiger partial charge in [0.05, 0.1) is 23.9 Å². The van der Waals surface area contributed by atoms with Crippen molar-refractivity contribution in [3.63, 3.8) is 0 Å². The van der Waals surface area contributed by atoms with Gasteiger partial charge in [0, 0.05) is 25.0 Å². The molecule has 1 aromatic heterocycles. The summed E-state index contributed by atoms with van der Waals surface area (Å²) in [7, 11) is 2.10. The van der Waals surface area contributed by atoms with Crippen LogP contribution in [0, 0.1) is 11.3 Å². The number of carbonyl (C=O) groups is 1. The summed E-state index contributed by atoms with van der Waals surface area (Å²) in [5, 5.41) is 12.5. The third kappa shape index (κ3) is 4.16. The van der Waals surface area contributed by atoms with Crippen LogP contribution in [-0.2, 0) is 9.53 Å². The lowest BCUT2D eigenvalue weighted by atomic mass is 10.0. The van der Waals surface area contributed by atoms with Crippen LogP contribution in [0.4, 0.5) is 5.69 Å². The van der Waals surface area contributed by atoms with Crippen LogP contribution in [0.25, 0.3) is 11.0 Å². The summed E-state index contributed by atoms with van der Waals surface area (Å²) >= 11 is 0. The smallest absolute Gasteiger partial charge is 0.251 e. The van der Waals surface area contributed by atoms with E-state index < -0.39 is 6.10 Å². The Balaban J connectivity index is 1.53. The van der Waals surface area contributed by atoms with Gasteiger partial charge in [-0.25, -0.2) is 0 Å². The number of anilines is 1. The summed E-state index contributed by atoms with van der Waals surface area (Å²) in [6, 6.07) is 6.03. The molecular weight excluding hydrogens is 368 g/mol. The zero-order valence-corrected chi connectivity index (χ0v) is 16.8. The maximum absolute atomic E-state index is 12.9. The molecule has 0 aliphatic carbocycles. The maximum atomic E-state index is 12.9. The zero-order chi connectivity index (χ0) is 20.4. The molecule has 2 atom stereocenters. The van der Waals surface area contributed by atoms with E-state index in [0.717, 1.165) is 31.6 Å². The lowest BCUT2D eigenvalue weighted by molar-refractivity contribution is -0.138. The number of hydrogen-bond donors (Lipinski definition) is 1. The number of nitrogens with one attached hydrogen (secondary N) is 1. The van der Waals surface area contributed by atoms with Gasteiger partial charge >= 0.3 is 0 Å². The molecule has 152 valence electrons. The Bertz CT molecular complexity index is 934. The van der Waals surface area contributed by atoms with Gasteiger partial charge in [-0.05, 0) is 52.0 Å². The summed E-state index contributed by atoms with van der Waals surface area (Å²) < 4.78 is 5.97. The van der Waals surface area contributed by atoms with Crippen molar-refractivity contribution in [3.05, 3.63) is 30.1 Å². The predicted molar refractivity (Wildman–Crippen MR) is 109 cm³/mol. The largest absolute Gasteiger partial charge is 0.364 e. The van der Waals surface area contributed by atoms with Gasteiger partial charge in [0.2, 0.25) is 0 Å². The predicted octanol–water partition coefficient (Wildman–Crippen LogP) is 1.31. The van der Waals surface area contributed by atoms with Crippen molar-refractivity contribution in [1.29, 1.82) is 5.26 Å². The lowest BCUT2D eigenvalue weighted by Crippen LogP contribution is -2.55. The highest BCUT2D eigenvalue weighted by Crippen LogP contribution is 2.29. The quantitative estimate of drug-likeness (QED) is 0.839. The molecule has 0 unspecified atom stereocenters. The fourth-order valence-electron chi connectivity index (χ4n) is 4.13. The first kappa shape index (κ1) is 19.6. The van der Waals surface area contributed by atoms with Crippen LogP contribution in [0.5, 0.6) is 0 Å². The van der Waals surface area contributed by atoms with E-state index in [-0.39, 0.29) is 18.1 Å². The van der Waals surface area contributed by atoms with Crippen LogP contribution >= 0.6 is 0 Å². The summed E-state index contributed by atoms with van der Waals surface area (Å²) in [4.78, 5) is 26.1. The Morgan fingerprint density at radius 2 is 1.93 bits per heavy atom. The molecule has 0 saturated carbocycles. The van der Waals surface area contributed by atoms with E-state index in [2.05, 4.69) is 38.2 Å². The highest BCUT2D eigenvalue weighted by atomic mass is 16.5. The van der Waals surface area contributed by atoms with Gasteiger partial charge in [-0.1, -0.05) is 0 Å². The summed E-state index contributed by atoms with van der Waals surface area (Å²) in [5.41, 5.74) is 2.63. The number of morpholine rings is 1. The molecule has 1 N–H and O–H groups in total. The van der Waals surface area contributed by atoms with Crippen molar-refractivity contribution in [2.75, 3.05) is 38.1 Å². The number of likely N-dealkylation sites (tertiary alicyclic amines) is 1. The summed E-state index contributed by atoms with van der Waals surface area (Å²) in [6.07, 6.45) is 4.50. The van der Waals surface area contributed by atoms with Crippen molar-refractivity contribution in [1.82, 2.24) is 20.2 Å². The van der Waals surface area contributed by atoms with Gasteiger partial charge < -0.3 is 19.9 Å². The van der Waals surface area contributed by atoms with E-state index in [4.69, 9.17) is 4.74 Å². The molecule has 3 heterocycles. The highest BCUT2D eigenvalue weighted by Gasteiger charge is 2.33. The topological polar surface area (TPSA) is 94.4 Å². The van der Waals surface area contributed by atoms with E-state index >= 15 is 0 Å². The monoisotopic (exact) mass is 394 g/mol. The number of aromatic nitrogens is 2. The van der Waals surface area contributed by atoms with Gasteiger partial charge in [0.25, 0.3) is 5.91 Å². The van der Waals surface area contributed by atoms with Gasteiger partial charge in [0.15, 0.2) is 6.10 Å². The fourth-order valence-corrected chi connectivity index (χ4v) is 4.13. The number of rotatable bonds is 3. The van der Waals surface area contributed by atoms with Crippen molar-refractivity contribution in [3.8, 4) is 6.07 Å². The SMILES string of the molecule is C[C@@H]1CN(c2ccc(C#N)c3nccnc23)C[C@H](C(=O)NC2CCN(C)CC2)O1. The molecule has 8 nitrogen and oxygen atoms in total. The molecule has 4 rings (SSSR count). The molecular formula is C21H26N6O2. The molecule has 2 saturated heterocycles. The van der Waals surface area contributed by atoms with Crippen LogP contribution < -0.4 is 10.2 Å². The number of nitrogens with zero attached hydrogens (tertiary/aromatic N) is 5. The minimum Gasteiger partial charge on any atom is -0.364 e. The van der Waals surface area contributed by atoms with Crippen LogP contribution in [0.3, 0.4) is 0 Å². The van der Waals surface area contributed by atoms with E-state index in [1.165, 1.54) is 0 Å². The molecule has 0 bridgehead atoms. The molecule has 0 radical (unpaired) electrons. The van der Waals surface area contributed by atoms with E-state index in [1.54, 1.807) is 18.5 Å². The average molecular weight is 394 g/mol. The van der Waals surface area contributed by atoms with Crippen LogP contribution in [0.1, 0.15) is 25.3 Å². The van der Waals surface area contributed by atoms with Crippen LogP contribution in [0.15, 0.2) is 24.5 Å². The number of ether oxygens (including phenoxy) is 1. The normalized spacial score (nSPS) is 23.7. The number of nitriles is 1. The first-order valence-corrected chi connectivity index (χ1v) is 10.1. The second-order valence-corrected chi connectivity index (χ2v) is 7.92. The third-order valence-electron chi connectivity index (χ3n) is 5.68. The summed E-state index contributed by atoms with van der Waals surface area (Å²) in [6.45, 7) is 5.05. The standard InChI is InChI=1S/C21H26N6O2/c1-14-12-27(17-4-3-15(11-22)19-20(17)24-8-7-23-19)13-18(29-14)21(28)25-16-5-9-26(2)10-6-16/h3-4,7-8,14,16,18H,5-6,9-10,12-13H2,1-2H3,(H,25,28)/t14-,18-/m1/s1. The number of fused-ring (bicyclic) bond motifs is 1. The second-order valence-electron chi connectivity index (χ2n) is 7.92. The molecule has 1 aromatic carbocycles. The summed E-state index contributed by atoms with van der Waals surface area (Å²) in [5.74, 6) is -0.0554. The lowest BCUT2D eigenvalue weighted by Gasteiger charge is -2.38. The van der Waals surface area contributed by atoms with E-state index in [1.807, 2.05) is 13.0 Å². The van der Waals surface area contributed by atoms with Crippen LogP contribution in [0.2, 0.25) is 0 Å². The van der Waals surface area contributed by atoms with Crippen molar-refractivity contribution >= 4 is 22.6 Å². The Hall–Kier alpha value is -2.76. The first-order chi connectivity index (χ1) is 14.0. The minimum absolute atomic E-state index is 0.0554. The Labute approximate surface area is 170 Å². The zero-order valence-electron chi connectivity index (χ0n) is 16.8. The molecule has 0 spiro atoms. The van der Waals surface area contributed by atoms with Crippen molar-refractivity contribution in [2.45, 2.75) is 38.0 Å². The number of benzene rings is 1. The van der Waals surface area contributed by atoms with E-state index in [0.29, 0.717) is 29.7 Å². The Morgan fingerprint density at radius 1 is 1.21 bits per heavy atom. The maximum Gasteiger partial charge on any atom is 0.251 e. The molecule has 2 aromatic rings. The number of amides is 1. The minimum atomic E-state index is -0.541. The number of piperidine rings is 1. The molecule has 1 amide bonds.